The summed E-state index contributed by atoms with van der Waals surface area (Å²) in [7, 11) is -3.77. The van der Waals surface area contributed by atoms with Gasteiger partial charge in [0, 0.05) is 23.3 Å². The first-order valence-corrected chi connectivity index (χ1v) is 10.2. The molecule has 126 valence electrons. The number of hydrogen-bond donors (Lipinski definition) is 0. The quantitative estimate of drug-likeness (QED) is 0.498. The Morgan fingerprint density at radius 3 is 2.56 bits per heavy atom. The molecule has 0 radical (unpaired) electrons. The van der Waals surface area contributed by atoms with Crippen LogP contribution in [0.2, 0.25) is 5.02 Å². The minimum atomic E-state index is -3.77. The summed E-state index contributed by atoms with van der Waals surface area (Å²) in [4.78, 5) is 4.50. The first-order chi connectivity index (χ1) is 12.0. The number of benzene rings is 1. The van der Waals surface area contributed by atoms with Crippen molar-refractivity contribution in [2.45, 2.75) is 11.8 Å². The van der Waals surface area contributed by atoms with Crippen molar-refractivity contribution < 1.29 is 8.42 Å². The molecule has 0 aliphatic carbocycles. The SMILES string of the molecule is Cc1ccc(S(=O)(=O)n2cc(-c3ccsc3)c3c(Cl)ccnc32)cc1. The molecule has 1 aromatic carbocycles. The van der Waals surface area contributed by atoms with Crippen molar-refractivity contribution in [2.24, 2.45) is 0 Å². The Morgan fingerprint density at radius 1 is 1.12 bits per heavy atom. The zero-order valence-corrected chi connectivity index (χ0v) is 15.6. The first-order valence-electron chi connectivity index (χ1n) is 7.49. The zero-order chi connectivity index (χ0) is 17.6. The summed E-state index contributed by atoms with van der Waals surface area (Å²) in [5.74, 6) is 0. The van der Waals surface area contributed by atoms with Gasteiger partial charge < -0.3 is 0 Å². The fraction of sp³-hybridized carbons (Fsp3) is 0.0556. The molecule has 4 rings (SSSR count). The number of halogens is 1. The molecule has 0 saturated heterocycles. The molecule has 0 spiro atoms. The number of aromatic nitrogens is 2. The number of fused-ring (bicyclic) bond motifs is 1. The maximum absolute atomic E-state index is 13.1. The largest absolute Gasteiger partial charge is 0.269 e. The van der Waals surface area contributed by atoms with Crippen LogP contribution in [0.5, 0.6) is 0 Å². The standard InChI is InChI=1S/C18H13ClN2O2S2/c1-12-2-4-14(5-3-12)25(22,23)21-10-15(13-7-9-24-11-13)17-16(19)6-8-20-18(17)21/h2-11H,1H3. The van der Waals surface area contributed by atoms with Crippen LogP contribution in [0.4, 0.5) is 0 Å². The van der Waals surface area contributed by atoms with Crippen molar-refractivity contribution in [1.82, 2.24) is 8.96 Å². The average Bonchev–Trinajstić information content (AvgIpc) is 3.23. The Morgan fingerprint density at radius 2 is 1.88 bits per heavy atom. The van der Waals surface area contributed by atoms with Crippen LogP contribution >= 0.6 is 22.9 Å². The summed E-state index contributed by atoms with van der Waals surface area (Å²) in [6.07, 6.45) is 3.12. The third-order valence-electron chi connectivity index (χ3n) is 4.01. The van der Waals surface area contributed by atoms with E-state index in [9.17, 15) is 8.42 Å². The molecular weight excluding hydrogens is 376 g/mol. The molecule has 0 N–H and O–H groups in total. The second-order valence-electron chi connectivity index (χ2n) is 5.66. The highest BCUT2D eigenvalue weighted by molar-refractivity contribution is 7.90. The fourth-order valence-electron chi connectivity index (χ4n) is 2.73. The van der Waals surface area contributed by atoms with Crippen LogP contribution < -0.4 is 0 Å². The molecule has 4 aromatic rings. The molecule has 3 aromatic heterocycles. The lowest BCUT2D eigenvalue weighted by Crippen LogP contribution is -2.12. The van der Waals surface area contributed by atoms with E-state index < -0.39 is 10.0 Å². The number of hydrogen-bond acceptors (Lipinski definition) is 4. The van der Waals surface area contributed by atoms with Crippen LogP contribution in [0.3, 0.4) is 0 Å². The fourth-order valence-corrected chi connectivity index (χ4v) is 4.95. The Balaban J connectivity index is 2.03. The lowest BCUT2D eigenvalue weighted by molar-refractivity contribution is 0.589. The smallest absolute Gasteiger partial charge is 0.237 e. The van der Waals surface area contributed by atoms with Gasteiger partial charge in [0.15, 0.2) is 5.65 Å². The minimum Gasteiger partial charge on any atom is -0.237 e. The lowest BCUT2D eigenvalue weighted by Gasteiger charge is -2.07. The third-order valence-corrected chi connectivity index (χ3v) is 6.68. The van der Waals surface area contributed by atoms with E-state index >= 15 is 0 Å². The van der Waals surface area contributed by atoms with Gasteiger partial charge in [0.2, 0.25) is 0 Å². The van der Waals surface area contributed by atoms with Gasteiger partial charge in [-0.25, -0.2) is 17.4 Å². The Kier molecular flexibility index (Phi) is 3.91. The zero-order valence-electron chi connectivity index (χ0n) is 13.2. The molecule has 7 heteroatoms. The third kappa shape index (κ3) is 2.66. The molecule has 0 aliphatic heterocycles. The summed E-state index contributed by atoms with van der Waals surface area (Å²) < 4.78 is 27.5. The molecule has 0 bridgehead atoms. The Bertz CT molecular complexity index is 1160. The second-order valence-corrected chi connectivity index (χ2v) is 8.66. The highest BCUT2D eigenvalue weighted by Gasteiger charge is 2.24. The van der Waals surface area contributed by atoms with Gasteiger partial charge in [-0.1, -0.05) is 29.3 Å². The normalized spacial score (nSPS) is 11.9. The van der Waals surface area contributed by atoms with Gasteiger partial charge in [0.25, 0.3) is 10.0 Å². The van der Waals surface area contributed by atoms with E-state index in [0.29, 0.717) is 16.1 Å². The van der Waals surface area contributed by atoms with E-state index in [1.165, 1.54) is 10.2 Å². The van der Waals surface area contributed by atoms with Crippen molar-refractivity contribution in [2.75, 3.05) is 0 Å². The van der Waals surface area contributed by atoms with Crippen LogP contribution in [-0.4, -0.2) is 17.4 Å². The monoisotopic (exact) mass is 388 g/mol. The highest BCUT2D eigenvalue weighted by atomic mass is 35.5. The Hall–Kier alpha value is -2.15. The van der Waals surface area contributed by atoms with Crippen molar-refractivity contribution in [3.8, 4) is 11.1 Å². The summed E-state index contributed by atoms with van der Waals surface area (Å²) >= 11 is 7.91. The van der Waals surface area contributed by atoms with Crippen LogP contribution in [0.15, 0.2) is 64.4 Å². The highest BCUT2D eigenvalue weighted by Crippen LogP contribution is 2.36. The molecule has 25 heavy (non-hydrogen) atoms. The predicted molar refractivity (Wildman–Crippen MR) is 102 cm³/mol. The molecule has 0 saturated carbocycles. The van der Waals surface area contributed by atoms with Crippen LogP contribution in [-0.2, 0) is 10.0 Å². The molecule has 0 fully saturated rings. The molecule has 4 nitrogen and oxygen atoms in total. The van der Waals surface area contributed by atoms with Gasteiger partial charge >= 0.3 is 0 Å². The molecule has 0 atom stereocenters. The first kappa shape index (κ1) is 16.3. The molecule has 3 heterocycles. The summed E-state index contributed by atoms with van der Waals surface area (Å²) in [5.41, 5.74) is 3.00. The number of rotatable bonds is 3. The van der Waals surface area contributed by atoms with E-state index in [1.54, 1.807) is 47.9 Å². The maximum Gasteiger partial charge on any atom is 0.269 e. The van der Waals surface area contributed by atoms with Gasteiger partial charge in [-0.05, 0) is 47.5 Å². The molecular formula is C18H13ClN2O2S2. The van der Waals surface area contributed by atoms with E-state index in [0.717, 1.165) is 16.7 Å². The van der Waals surface area contributed by atoms with Crippen molar-refractivity contribution in [3.05, 3.63) is 70.1 Å². The van der Waals surface area contributed by atoms with Gasteiger partial charge in [-0.2, -0.15) is 11.3 Å². The van der Waals surface area contributed by atoms with E-state index in [1.807, 2.05) is 23.8 Å². The number of aryl methyl sites for hydroxylation is 1. The van der Waals surface area contributed by atoms with Gasteiger partial charge in [0.05, 0.1) is 9.92 Å². The van der Waals surface area contributed by atoms with Crippen LogP contribution in [0.1, 0.15) is 5.56 Å². The summed E-state index contributed by atoms with van der Waals surface area (Å²) in [6, 6.07) is 10.4. The second kappa shape index (κ2) is 5.98. The van der Waals surface area contributed by atoms with E-state index in [-0.39, 0.29) is 4.90 Å². The summed E-state index contributed by atoms with van der Waals surface area (Å²) in [6.45, 7) is 1.91. The van der Waals surface area contributed by atoms with Crippen molar-refractivity contribution >= 4 is 44.0 Å². The number of thiophene rings is 1. The van der Waals surface area contributed by atoms with Crippen molar-refractivity contribution in [3.63, 3.8) is 0 Å². The Labute approximate surface area is 154 Å². The molecule has 0 aliphatic rings. The van der Waals surface area contributed by atoms with Gasteiger partial charge in [-0.3, -0.25) is 0 Å². The maximum atomic E-state index is 13.1. The lowest BCUT2D eigenvalue weighted by atomic mass is 10.1. The minimum absolute atomic E-state index is 0.216. The number of nitrogens with zero attached hydrogens (tertiary/aromatic N) is 2. The van der Waals surface area contributed by atoms with Crippen LogP contribution in [0, 0.1) is 6.92 Å². The molecule has 0 amide bonds. The summed E-state index contributed by atoms with van der Waals surface area (Å²) in [5, 5.41) is 5.01. The van der Waals surface area contributed by atoms with E-state index in [4.69, 9.17) is 11.6 Å². The molecule has 0 unspecified atom stereocenters. The van der Waals surface area contributed by atoms with Crippen molar-refractivity contribution in [1.29, 1.82) is 0 Å². The number of pyridine rings is 1. The van der Waals surface area contributed by atoms with Gasteiger partial charge in [-0.15, -0.1) is 0 Å². The average molecular weight is 389 g/mol. The predicted octanol–water partition coefficient (Wildman–Crippen LogP) is 4.96. The van der Waals surface area contributed by atoms with Crippen LogP contribution in [0.25, 0.3) is 22.2 Å². The van der Waals surface area contributed by atoms with E-state index in [2.05, 4.69) is 4.98 Å². The van der Waals surface area contributed by atoms with Gasteiger partial charge in [0.1, 0.15) is 0 Å². The topological polar surface area (TPSA) is 52.0 Å².